The molecule has 0 unspecified atom stereocenters. The number of fused-ring (bicyclic) bond motifs is 1. The molecule has 1 aromatic carbocycles. The molecule has 0 amide bonds. The molecule has 1 aromatic heterocycles. The Bertz CT molecular complexity index is 793. The molecule has 1 N–H and O–H groups in total. The van der Waals surface area contributed by atoms with Crippen LogP contribution in [0, 0.1) is 10.1 Å². The summed E-state index contributed by atoms with van der Waals surface area (Å²) in [4.78, 5) is 15.0. The first kappa shape index (κ1) is 19.2. The van der Waals surface area contributed by atoms with Crippen LogP contribution in [0.3, 0.4) is 0 Å². The predicted octanol–water partition coefficient (Wildman–Crippen LogP) is 3.92. The van der Waals surface area contributed by atoms with Gasteiger partial charge in [-0.1, -0.05) is 42.1 Å². The highest BCUT2D eigenvalue weighted by atomic mass is 32.2. The van der Waals surface area contributed by atoms with Crippen LogP contribution in [-0.4, -0.2) is 38.8 Å². The smallest absolute Gasteiger partial charge is 0.263 e. The lowest BCUT2D eigenvalue weighted by Crippen LogP contribution is -2.15. The van der Waals surface area contributed by atoms with E-state index in [0.717, 1.165) is 46.4 Å². The van der Waals surface area contributed by atoms with Crippen LogP contribution in [0.25, 0.3) is 11.3 Å². The molecule has 1 aliphatic heterocycles. The fourth-order valence-electron chi connectivity index (χ4n) is 2.69. The van der Waals surface area contributed by atoms with E-state index in [0.29, 0.717) is 11.6 Å². The van der Waals surface area contributed by atoms with Crippen molar-refractivity contribution in [1.82, 2.24) is 14.9 Å². The van der Waals surface area contributed by atoms with Crippen molar-refractivity contribution >= 4 is 35.3 Å². The summed E-state index contributed by atoms with van der Waals surface area (Å²) in [6.45, 7) is 1.71. The zero-order valence-corrected chi connectivity index (χ0v) is 16.8. The van der Waals surface area contributed by atoms with Crippen molar-refractivity contribution in [3.63, 3.8) is 0 Å². The molecule has 2 aromatic rings. The van der Waals surface area contributed by atoms with Gasteiger partial charge in [0.05, 0.1) is 16.3 Å². The van der Waals surface area contributed by atoms with Crippen LogP contribution in [-0.2, 0) is 12.3 Å². The van der Waals surface area contributed by atoms with Crippen molar-refractivity contribution in [2.45, 2.75) is 17.5 Å². The summed E-state index contributed by atoms with van der Waals surface area (Å²) < 4.78 is 2.33. The number of nitrogens with zero attached hydrogens (tertiary/aromatic N) is 3. The summed E-state index contributed by atoms with van der Waals surface area (Å²) in [5.74, 6) is 2.84. The lowest BCUT2D eigenvalue weighted by atomic mass is 10.1. The Morgan fingerprint density at radius 1 is 1.46 bits per heavy atom. The Labute approximate surface area is 165 Å². The van der Waals surface area contributed by atoms with Gasteiger partial charge in [-0.15, -0.1) is 11.8 Å². The quantitative estimate of drug-likeness (QED) is 0.383. The van der Waals surface area contributed by atoms with Gasteiger partial charge in [0.25, 0.3) is 6.20 Å². The summed E-state index contributed by atoms with van der Waals surface area (Å²) >= 11 is 4.98. The Morgan fingerprint density at radius 2 is 2.27 bits per heavy atom. The fraction of sp³-hybridized carbons (Fsp3) is 0.353. The molecule has 0 bridgehead atoms. The highest BCUT2D eigenvalue weighted by molar-refractivity contribution is 8.02. The highest BCUT2D eigenvalue weighted by Crippen LogP contribution is 2.34. The third-order valence-electron chi connectivity index (χ3n) is 3.86. The molecule has 0 aliphatic carbocycles. The highest BCUT2D eigenvalue weighted by Gasteiger charge is 2.22. The van der Waals surface area contributed by atoms with E-state index in [4.69, 9.17) is 4.98 Å². The van der Waals surface area contributed by atoms with Crippen LogP contribution in [0.1, 0.15) is 5.69 Å². The lowest BCUT2D eigenvalue weighted by Gasteiger charge is -2.09. The first-order valence-electron chi connectivity index (χ1n) is 8.17. The van der Waals surface area contributed by atoms with Crippen LogP contribution >= 0.6 is 35.3 Å². The molecule has 0 fully saturated rings. The molecular formula is C17H20N4O2S3. The van der Waals surface area contributed by atoms with E-state index in [1.165, 1.54) is 17.5 Å². The van der Waals surface area contributed by atoms with Crippen LogP contribution in [0.5, 0.6) is 0 Å². The maximum atomic E-state index is 10.6. The third-order valence-corrected chi connectivity index (χ3v) is 6.47. The van der Waals surface area contributed by atoms with Gasteiger partial charge in [0.1, 0.15) is 5.03 Å². The number of thioether (sulfide) groups is 3. The fourth-order valence-corrected chi connectivity index (χ4v) is 4.97. The average Bonchev–Trinajstić information content (AvgIpc) is 3.23. The topological polar surface area (TPSA) is 73.0 Å². The summed E-state index contributed by atoms with van der Waals surface area (Å²) in [5, 5.41) is 15.4. The molecule has 0 radical (unpaired) electrons. The normalized spacial score (nSPS) is 13.7. The number of nitro groups is 1. The van der Waals surface area contributed by atoms with E-state index in [2.05, 4.69) is 22.0 Å². The Morgan fingerprint density at radius 3 is 3.00 bits per heavy atom. The van der Waals surface area contributed by atoms with Gasteiger partial charge >= 0.3 is 0 Å². The van der Waals surface area contributed by atoms with E-state index >= 15 is 0 Å². The molecule has 1 aliphatic rings. The van der Waals surface area contributed by atoms with Crippen molar-refractivity contribution in [1.29, 1.82) is 0 Å². The molecule has 2 heterocycles. The molecule has 0 saturated carbocycles. The van der Waals surface area contributed by atoms with E-state index in [-0.39, 0.29) is 0 Å². The van der Waals surface area contributed by atoms with Gasteiger partial charge in [0, 0.05) is 35.9 Å². The Kier molecular flexibility index (Phi) is 6.93. The molecule has 26 heavy (non-hydrogen) atoms. The number of hydrogen-bond donors (Lipinski definition) is 1. The van der Waals surface area contributed by atoms with Crippen LogP contribution < -0.4 is 5.32 Å². The number of hydrogen-bond acceptors (Lipinski definition) is 7. The van der Waals surface area contributed by atoms with Crippen molar-refractivity contribution < 1.29 is 4.92 Å². The van der Waals surface area contributed by atoms with E-state index in [1.807, 2.05) is 48.0 Å². The standard InChI is InChI=1S/C17H20N4O2S3/c1-24-15(11-21(22)23)18-7-9-25-12-14-16(13-5-3-2-4-6-13)19-17-20(14)8-10-26-17/h2-6,11,18H,7-10,12H2,1H3/b15-11-. The van der Waals surface area contributed by atoms with Crippen LogP contribution in [0.2, 0.25) is 0 Å². The zero-order chi connectivity index (χ0) is 18.4. The second-order valence-corrected chi connectivity index (χ2v) is 8.53. The van der Waals surface area contributed by atoms with Gasteiger partial charge in [-0.2, -0.15) is 11.8 Å². The minimum Gasteiger partial charge on any atom is -0.374 e. The van der Waals surface area contributed by atoms with Crippen molar-refractivity contribution in [3.05, 3.63) is 57.4 Å². The number of imidazole rings is 1. The second kappa shape index (κ2) is 9.38. The van der Waals surface area contributed by atoms with Gasteiger partial charge in [-0.3, -0.25) is 10.1 Å². The monoisotopic (exact) mass is 408 g/mol. The third kappa shape index (κ3) is 4.77. The first-order valence-corrected chi connectivity index (χ1v) is 11.5. The molecule has 0 atom stereocenters. The van der Waals surface area contributed by atoms with Crippen LogP contribution in [0.4, 0.5) is 0 Å². The number of nitrogens with one attached hydrogen (secondary N) is 1. The number of benzene rings is 1. The minimum atomic E-state index is -0.425. The predicted molar refractivity (Wildman–Crippen MR) is 111 cm³/mol. The molecule has 138 valence electrons. The number of rotatable bonds is 9. The summed E-state index contributed by atoms with van der Waals surface area (Å²) in [5.41, 5.74) is 3.50. The van der Waals surface area contributed by atoms with Gasteiger partial charge in [0.2, 0.25) is 0 Å². The number of aromatic nitrogens is 2. The largest absolute Gasteiger partial charge is 0.374 e. The lowest BCUT2D eigenvalue weighted by molar-refractivity contribution is -0.403. The van der Waals surface area contributed by atoms with Gasteiger partial charge in [0.15, 0.2) is 5.16 Å². The summed E-state index contributed by atoms with van der Waals surface area (Å²) in [6.07, 6.45) is 2.85. The Hall–Kier alpha value is -1.58. The maximum absolute atomic E-state index is 10.6. The van der Waals surface area contributed by atoms with Crippen molar-refractivity contribution in [2.24, 2.45) is 0 Å². The van der Waals surface area contributed by atoms with Crippen molar-refractivity contribution in [3.8, 4) is 11.3 Å². The van der Waals surface area contributed by atoms with Gasteiger partial charge < -0.3 is 9.88 Å². The van der Waals surface area contributed by atoms with Gasteiger partial charge in [-0.05, 0) is 6.26 Å². The van der Waals surface area contributed by atoms with E-state index < -0.39 is 4.92 Å². The van der Waals surface area contributed by atoms with E-state index in [1.54, 1.807) is 0 Å². The van der Waals surface area contributed by atoms with Gasteiger partial charge in [-0.25, -0.2) is 4.98 Å². The zero-order valence-electron chi connectivity index (χ0n) is 14.4. The van der Waals surface area contributed by atoms with Crippen LogP contribution in [0.15, 0.2) is 46.7 Å². The molecule has 0 spiro atoms. The first-order chi connectivity index (χ1) is 12.7. The Balaban J connectivity index is 1.61. The minimum absolute atomic E-state index is 0.425. The molecule has 9 heteroatoms. The molecule has 3 rings (SSSR count). The average molecular weight is 409 g/mol. The maximum Gasteiger partial charge on any atom is 0.263 e. The summed E-state index contributed by atoms with van der Waals surface area (Å²) in [7, 11) is 0. The van der Waals surface area contributed by atoms with E-state index in [9.17, 15) is 10.1 Å². The SMILES string of the molecule is CS/C(=C\[N+](=O)[O-])NCCSCc1c(-c2ccccc2)nc2n1CCS2. The van der Waals surface area contributed by atoms with Crippen molar-refractivity contribution in [2.75, 3.05) is 24.3 Å². The second-order valence-electron chi connectivity index (χ2n) is 5.52. The molecular weight excluding hydrogens is 388 g/mol. The summed E-state index contributed by atoms with van der Waals surface area (Å²) in [6, 6.07) is 10.3. The molecule has 0 saturated heterocycles. The molecule has 6 nitrogen and oxygen atoms in total.